The minimum Gasteiger partial charge on any atom is -0.320 e. The second-order valence-electron chi connectivity index (χ2n) is 6.55. The monoisotopic (exact) mass is 292 g/mol. The topological polar surface area (TPSA) is 34.9 Å². The highest BCUT2D eigenvalue weighted by molar-refractivity contribution is 5.96. The third-order valence-electron chi connectivity index (χ3n) is 3.72. The van der Waals surface area contributed by atoms with Gasteiger partial charge in [-0.25, -0.2) is 4.98 Å². The van der Waals surface area contributed by atoms with Crippen LogP contribution in [-0.2, 0) is 12.0 Å². The lowest BCUT2D eigenvalue weighted by atomic mass is 9.95. The molecular weight excluding hydrogens is 272 g/mol. The number of nitrogens with zero attached hydrogens (tertiary/aromatic N) is 2. The van der Waals surface area contributed by atoms with E-state index >= 15 is 0 Å². The summed E-state index contributed by atoms with van der Waals surface area (Å²) in [6.45, 7) is 6.68. The molecule has 0 saturated heterocycles. The van der Waals surface area contributed by atoms with E-state index in [-0.39, 0.29) is 11.2 Å². The van der Waals surface area contributed by atoms with Crippen LogP contribution in [0.3, 0.4) is 0 Å². The summed E-state index contributed by atoms with van der Waals surface area (Å²) < 4.78 is 2.05. The van der Waals surface area contributed by atoms with Crippen molar-refractivity contribution >= 4 is 16.8 Å². The molecule has 1 heterocycles. The summed E-state index contributed by atoms with van der Waals surface area (Å²) in [5.41, 5.74) is 2.57. The molecule has 0 aliphatic carbocycles. The van der Waals surface area contributed by atoms with E-state index in [1.165, 1.54) is 0 Å². The molecule has 0 atom stereocenters. The highest BCUT2D eigenvalue weighted by atomic mass is 16.1. The Hall–Kier alpha value is -2.42. The van der Waals surface area contributed by atoms with Crippen LogP contribution >= 0.6 is 0 Å². The maximum absolute atomic E-state index is 12.6. The van der Waals surface area contributed by atoms with Crippen LogP contribution in [0, 0.1) is 0 Å². The van der Waals surface area contributed by atoms with E-state index in [0.29, 0.717) is 6.54 Å². The molecule has 0 radical (unpaired) electrons. The second-order valence-corrected chi connectivity index (χ2v) is 6.55. The number of fused-ring (bicyclic) bond motifs is 1. The Morgan fingerprint density at radius 2 is 1.64 bits per heavy atom. The van der Waals surface area contributed by atoms with Crippen molar-refractivity contribution in [3.63, 3.8) is 0 Å². The van der Waals surface area contributed by atoms with Crippen molar-refractivity contribution < 1.29 is 4.79 Å². The van der Waals surface area contributed by atoms with E-state index in [1.807, 2.05) is 59.2 Å². The predicted molar refractivity (Wildman–Crippen MR) is 89.2 cm³/mol. The maximum atomic E-state index is 12.6. The molecule has 2 aromatic carbocycles. The number of Topliss-reactive ketones (excluding diaryl/α,β-unsaturated/α-hetero) is 1. The highest BCUT2D eigenvalue weighted by Crippen LogP contribution is 2.26. The molecule has 0 spiro atoms. The van der Waals surface area contributed by atoms with Gasteiger partial charge in [-0.15, -0.1) is 0 Å². The number of hydrogen-bond donors (Lipinski definition) is 0. The molecule has 22 heavy (non-hydrogen) atoms. The van der Waals surface area contributed by atoms with E-state index in [0.717, 1.165) is 22.4 Å². The number of aromatic nitrogens is 2. The first-order valence-electron chi connectivity index (χ1n) is 7.51. The van der Waals surface area contributed by atoms with Gasteiger partial charge >= 0.3 is 0 Å². The number of carbonyl (C=O) groups excluding carboxylic acids is 1. The fraction of sp³-hybridized carbons (Fsp3) is 0.263. The van der Waals surface area contributed by atoms with Crippen molar-refractivity contribution in [2.45, 2.75) is 32.7 Å². The average Bonchev–Trinajstić information content (AvgIpc) is 2.87. The molecule has 3 nitrogen and oxygen atoms in total. The minimum atomic E-state index is -0.115. The lowest BCUT2D eigenvalue weighted by Gasteiger charge is -2.20. The zero-order valence-electron chi connectivity index (χ0n) is 13.2. The SMILES string of the molecule is CC(C)(C)c1nc2ccccc2n1CC(=O)c1ccccc1. The fourth-order valence-electron chi connectivity index (χ4n) is 2.67. The lowest BCUT2D eigenvalue weighted by Crippen LogP contribution is -2.22. The van der Waals surface area contributed by atoms with Gasteiger partial charge in [0.25, 0.3) is 0 Å². The van der Waals surface area contributed by atoms with Crippen LogP contribution in [0.15, 0.2) is 54.6 Å². The summed E-state index contributed by atoms with van der Waals surface area (Å²) in [7, 11) is 0. The van der Waals surface area contributed by atoms with Crippen LogP contribution in [0.25, 0.3) is 11.0 Å². The largest absolute Gasteiger partial charge is 0.320 e. The molecule has 3 rings (SSSR count). The maximum Gasteiger partial charge on any atom is 0.182 e. The van der Waals surface area contributed by atoms with Gasteiger partial charge in [0, 0.05) is 11.0 Å². The van der Waals surface area contributed by atoms with E-state index in [4.69, 9.17) is 4.98 Å². The Labute approximate surface area is 130 Å². The lowest BCUT2D eigenvalue weighted by molar-refractivity contribution is 0.0971. The van der Waals surface area contributed by atoms with Crippen LogP contribution in [0.1, 0.15) is 37.0 Å². The first-order chi connectivity index (χ1) is 10.5. The van der Waals surface area contributed by atoms with Crippen LogP contribution < -0.4 is 0 Å². The molecule has 0 bridgehead atoms. The number of carbonyl (C=O) groups is 1. The summed E-state index contributed by atoms with van der Waals surface area (Å²) in [5, 5.41) is 0. The molecule has 0 fully saturated rings. The number of rotatable bonds is 3. The standard InChI is InChI=1S/C19H20N2O/c1-19(2,3)18-20-15-11-7-8-12-16(15)21(18)13-17(22)14-9-5-4-6-10-14/h4-12H,13H2,1-3H3. The van der Waals surface area contributed by atoms with Crippen molar-refractivity contribution in [3.8, 4) is 0 Å². The van der Waals surface area contributed by atoms with E-state index in [9.17, 15) is 4.79 Å². The van der Waals surface area contributed by atoms with E-state index < -0.39 is 0 Å². The number of ketones is 1. The molecule has 0 aliphatic rings. The molecule has 112 valence electrons. The summed E-state index contributed by atoms with van der Waals surface area (Å²) in [4.78, 5) is 17.3. The molecule has 1 aromatic heterocycles. The van der Waals surface area contributed by atoms with Crippen molar-refractivity contribution in [2.75, 3.05) is 0 Å². The van der Waals surface area contributed by atoms with Gasteiger partial charge in [0.15, 0.2) is 5.78 Å². The smallest absolute Gasteiger partial charge is 0.182 e. The van der Waals surface area contributed by atoms with E-state index in [1.54, 1.807) is 0 Å². The van der Waals surface area contributed by atoms with Gasteiger partial charge < -0.3 is 4.57 Å². The van der Waals surface area contributed by atoms with Gasteiger partial charge in [-0.1, -0.05) is 63.2 Å². The molecule has 0 amide bonds. The number of hydrogen-bond acceptors (Lipinski definition) is 2. The molecular formula is C19H20N2O. The Bertz CT molecular complexity index is 810. The van der Waals surface area contributed by atoms with Gasteiger partial charge in [-0.3, -0.25) is 4.79 Å². The van der Waals surface area contributed by atoms with Gasteiger partial charge in [0.1, 0.15) is 5.82 Å². The first kappa shape index (κ1) is 14.5. The average molecular weight is 292 g/mol. The Kier molecular flexibility index (Phi) is 3.57. The van der Waals surface area contributed by atoms with Gasteiger partial charge in [0.2, 0.25) is 0 Å². The highest BCUT2D eigenvalue weighted by Gasteiger charge is 2.24. The van der Waals surface area contributed by atoms with Gasteiger partial charge in [-0.2, -0.15) is 0 Å². The van der Waals surface area contributed by atoms with E-state index in [2.05, 4.69) is 20.8 Å². The zero-order chi connectivity index (χ0) is 15.7. The van der Waals surface area contributed by atoms with Crippen LogP contribution in [0.2, 0.25) is 0 Å². The normalized spacial score (nSPS) is 11.8. The molecule has 3 aromatic rings. The third kappa shape index (κ3) is 2.67. The summed E-state index contributed by atoms with van der Waals surface area (Å²) in [5.74, 6) is 1.05. The predicted octanol–water partition coefficient (Wildman–Crippen LogP) is 4.22. The zero-order valence-corrected chi connectivity index (χ0v) is 13.2. The van der Waals surface area contributed by atoms with Crippen molar-refractivity contribution in [1.29, 1.82) is 0 Å². The number of imidazole rings is 1. The van der Waals surface area contributed by atoms with Crippen LogP contribution in [0.4, 0.5) is 0 Å². The molecule has 0 saturated carbocycles. The fourth-order valence-corrected chi connectivity index (χ4v) is 2.67. The Morgan fingerprint density at radius 3 is 2.32 bits per heavy atom. The summed E-state index contributed by atoms with van der Waals surface area (Å²) in [6, 6.07) is 17.4. The minimum absolute atomic E-state index is 0.106. The summed E-state index contributed by atoms with van der Waals surface area (Å²) in [6.07, 6.45) is 0. The number of benzene rings is 2. The van der Waals surface area contributed by atoms with Crippen molar-refractivity contribution in [2.24, 2.45) is 0 Å². The molecule has 3 heteroatoms. The Morgan fingerprint density at radius 1 is 1.00 bits per heavy atom. The quantitative estimate of drug-likeness (QED) is 0.678. The van der Waals surface area contributed by atoms with Crippen molar-refractivity contribution in [1.82, 2.24) is 9.55 Å². The second kappa shape index (κ2) is 5.41. The van der Waals surface area contributed by atoms with Crippen molar-refractivity contribution in [3.05, 3.63) is 66.0 Å². The first-order valence-corrected chi connectivity index (χ1v) is 7.51. The molecule has 0 N–H and O–H groups in total. The van der Waals surface area contributed by atoms with Crippen LogP contribution in [-0.4, -0.2) is 15.3 Å². The third-order valence-corrected chi connectivity index (χ3v) is 3.72. The number of para-hydroxylation sites is 2. The molecule has 0 unspecified atom stereocenters. The van der Waals surface area contributed by atoms with Crippen LogP contribution in [0.5, 0.6) is 0 Å². The Balaban J connectivity index is 2.07. The van der Waals surface area contributed by atoms with Gasteiger partial charge in [0.05, 0.1) is 17.6 Å². The molecule has 0 aliphatic heterocycles. The van der Waals surface area contributed by atoms with Gasteiger partial charge in [-0.05, 0) is 12.1 Å². The summed E-state index contributed by atoms with van der Waals surface area (Å²) >= 11 is 0.